The van der Waals surface area contributed by atoms with Gasteiger partial charge in [-0.1, -0.05) is 6.07 Å². The average Bonchev–Trinajstić information content (AvgIpc) is 2.83. The highest BCUT2D eigenvalue weighted by atomic mass is 32.2. The summed E-state index contributed by atoms with van der Waals surface area (Å²) in [5, 5.41) is 11.5. The highest BCUT2D eigenvalue weighted by Crippen LogP contribution is 2.36. The molecule has 0 aliphatic heterocycles. The number of carbonyl (C=O) groups is 1. The number of ether oxygens (including phenoxy) is 2. The van der Waals surface area contributed by atoms with Gasteiger partial charge < -0.3 is 9.47 Å². The lowest BCUT2D eigenvalue weighted by Crippen LogP contribution is -2.25. The lowest BCUT2D eigenvalue weighted by Gasteiger charge is -2.21. The lowest BCUT2D eigenvalue weighted by atomic mass is 10.0. The Hall–Kier alpha value is -3.40. The van der Waals surface area contributed by atoms with Gasteiger partial charge in [0.25, 0.3) is 5.69 Å². The monoisotopic (exact) mass is 610 g/mol. The minimum atomic E-state index is -4.44. The fourth-order valence-electron chi connectivity index (χ4n) is 3.34. The first-order valence-corrected chi connectivity index (χ1v) is 15.1. The average molecular weight is 611 g/mol. The summed E-state index contributed by atoms with van der Waals surface area (Å²) >= 11 is 0. The fourth-order valence-corrected chi connectivity index (χ4v) is 5.85. The Morgan fingerprint density at radius 3 is 2.33 bits per heavy atom. The maximum atomic E-state index is 15.2. The standard InChI is InChI=1S/C24H29F3N2O9S2/c1-15-18(10-9-17(29(31)32)21(15)23(30)38-24(2,3)4)37-19-8-5-7-16(22(19)27)28-40(35,36)14-11-20(26)39(33,34)13-6-12-25/h5,7-10,20,28H,6,11-14H2,1-4H3. The maximum Gasteiger partial charge on any atom is 0.346 e. The number of sulfone groups is 1. The summed E-state index contributed by atoms with van der Waals surface area (Å²) < 4.78 is 102. The Kier molecular flexibility index (Phi) is 10.5. The van der Waals surface area contributed by atoms with Gasteiger partial charge in [-0.2, -0.15) is 0 Å². The molecule has 0 heterocycles. The van der Waals surface area contributed by atoms with Gasteiger partial charge in [-0.05, 0) is 52.3 Å². The molecule has 0 amide bonds. The number of nitro benzene ring substituents is 1. The van der Waals surface area contributed by atoms with Gasteiger partial charge in [0.1, 0.15) is 16.9 Å². The molecule has 1 N–H and O–H groups in total. The molecule has 40 heavy (non-hydrogen) atoms. The van der Waals surface area contributed by atoms with Crippen molar-refractivity contribution in [3.63, 3.8) is 0 Å². The van der Waals surface area contributed by atoms with E-state index in [9.17, 15) is 40.5 Å². The van der Waals surface area contributed by atoms with Crippen LogP contribution in [-0.2, 0) is 24.6 Å². The molecule has 0 spiro atoms. The Bertz CT molecular complexity index is 1480. The van der Waals surface area contributed by atoms with Crippen molar-refractivity contribution in [1.82, 2.24) is 0 Å². The molecule has 2 aromatic carbocycles. The van der Waals surface area contributed by atoms with Crippen LogP contribution >= 0.6 is 0 Å². The quantitative estimate of drug-likeness (QED) is 0.187. The summed E-state index contributed by atoms with van der Waals surface area (Å²) in [5.74, 6) is -4.72. The number of sulfonamides is 1. The number of nitrogens with one attached hydrogen (secondary N) is 1. The maximum absolute atomic E-state index is 15.2. The van der Waals surface area contributed by atoms with Gasteiger partial charge in [0.05, 0.1) is 28.8 Å². The van der Waals surface area contributed by atoms with E-state index in [2.05, 4.69) is 0 Å². The number of hydrogen-bond donors (Lipinski definition) is 1. The molecular weight excluding hydrogens is 581 g/mol. The highest BCUT2D eigenvalue weighted by molar-refractivity contribution is 7.93. The van der Waals surface area contributed by atoms with Crippen molar-refractivity contribution in [2.24, 2.45) is 0 Å². The van der Waals surface area contributed by atoms with Crippen molar-refractivity contribution < 1.29 is 49.2 Å². The molecule has 0 aliphatic carbocycles. The molecule has 1 atom stereocenters. The third kappa shape index (κ3) is 8.81. The SMILES string of the molecule is Cc1c(Oc2cccc(NS(=O)(=O)CCC(F)S(=O)(=O)CCCF)c2F)ccc([N+](=O)[O-])c1C(=O)OC(C)(C)C. The van der Waals surface area contributed by atoms with Gasteiger partial charge >= 0.3 is 5.97 Å². The van der Waals surface area contributed by atoms with Crippen LogP contribution in [0.2, 0.25) is 0 Å². The minimum absolute atomic E-state index is 0.0446. The van der Waals surface area contributed by atoms with Gasteiger partial charge in [0.15, 0.2) is 21.4 Å². The van der Waals surface area contributed by atoms with Crippen LogP contribution in [-0.4, -0.2) is 57.0 Å². The van der Waals surface area contributed by atoms with Crippen molar-refractivity contribution in [3.05, 3.63) is 57.4 Å². The first-order valence-electron chi connectivity index (χ1n) is 11.8. The predicted octanol–water partition coefficient (Wildman–Crippen LogP) is 4.99. The van der Waals surface area contributed by atoms with Crippen molar-refractivity contribution in [3.8, 4) is 11.5 Å². The molecule has 0 radical (unpaired) electrons. The van der Waals surface area contributed by atoms with Gasteiger partial charge in [-0.3, -0.25) is 19.2 Å². The third-order valence-electron chi connectivity index (χ3n) is 5.21. The number of halogens is 3. The van der Waals surface area contributed by atoms with Crippen molar-refractivity contribution >= 4 is 37.2 Å². The molecule has 2 rings (SSSR count). The molecular formula is C24H29F3N2O9S2. The van der Waals surface area contributed by atoms with Crippen LogP contribution in [0.1, 0.15) is 49.5 Å². The zero-order valence-corrected chi connectivity index (χ0v) is 23.7. The van der Waals surface area contributed by atoms with Crippen LogP contribution in [0.4, 0.5) is 24.5 Å². The van der Waals surface area contributed by atoms with E-state index in [1.54, 1.807) is 20.8 Å². The van der Waals surface area contributed by atoms with Crippen LogP contribution in [0.15, 0.2) is 30.3 Å². The number of esters is 1. The topological polar surface area (TPSA) is 159 Å². The molecule has 1 unspecified atom stereocenters. The van der Waals surface area contributed by atoms with E-state index in [-0.39, 0.29) is 11.3 Å². The highest BCUT2D eigenvalue weighted by Gasteiger charge is 2.30. The van der Waals surface area contributed by atoms with E-state index < -0.39 is 101 Å². The molecule has 0 bridgehead atoms. The number of carbonyl (C=O) groups excluding carboxylic acids is 1. The first-order chi connectivity index (χ1) is 18.4. The number of anilines is 1. The molecule has 0 aromatic heterocycles. The van der Waals surface area contributed by atoms with Crippen LogP contribution < -0.4 is 9.46 Å². The molecule has 0 aliphatic rings. The second kappa shape index (κ2) is 12.8. The summed E-state index contributed by atoms with van der Waals surface area (Å²) in [6, 6.07) is 5.46. The normalized spacial score (nSPS) is 13.0. The van der Waals surface area contributed by atoms with Crippen LogP contribution in [0.5, 0.6) is 11.5 Å². The third-order valence-corrected chi connectivity index (χ3v) is 8.38. The van der Waals surface area contributed by atoms with Gasteiger partial charge in [-0.15, -0.1) is 0 Å². The Labute approximate surface area is 229 Å². The second-order valence-electron chi connectivity index (χ2n) is 9.59. The molecule has 11 nitrogen and oxygen atoms in total. The molecule has 0 saturated heterocycles. The van der Waals surface area contributed by atoms with Gasteiger partial charge in [0.2, 0.25) is 15.5 Å². The van der Waals surface area contributed by atoms with E-state index in [0.29, 0.717) is 0 Å². The second-order valence-corrected chi connectivity index (χ2v) is 13.7. The molecule has 222 valence electrons. The van der Waals surface area contributed by atoms with Crippen molar-refractivity contribution in [1.29, 1.82) is 0 Å². The molecule has 16 heteroatoms. The number of rotatable bonds is 13. The predicted molar refractivity (Wildman–Crippen MR) is 141 cm³/mol. The van der Waals surface area contributed by atoms with Crippen molar-refractivity contribution in [2.75, 3.05) is 22.9 Å². The molecule has 0 fully saturated rings. The summed E-state index contributed by atoms with van der Waals surface area (Å²) in [5.41, 5.74) is -5.18. The van der Waals surface area contributed by atoms with Crippen LogP contribution in [0, 0.1) is 22.9 Å². The summed E-state index contributed by atoms with van der Waals surface area (Å²) in [7, 11) is -8.81. The Morgan fingerprint density at radius 1 is 1.10 bits per heavy atom. The number of alkyl halides is 2. The Morgan fingerprint density at radius 2 is 1.75 bits per heavy atom. The number of nitro groups is 1. The molecule has 2 aromatic rings. The van der Waals surface area contributed by atoms with Gasteiger partial charge in [0, 0.05) is 18.1 Å². The number of benzene rings is 2. The smallest absolute Gasteiger partial charge is 0.346 e. The number of nitrogens with zero attached hydrogens (tertiary/aromatic N) is 1. The van der Waals surface area contributed by atoms with E-state index >= 15 is 4.39 Å². The van der Waals surface area contributed by atoms with Gasteiger partial charge in [-0.25, -0.2) is 30.4 Å². The zero-order chi connectivity index (χ0) is 30.5. The van der Waals surface area contributed by atoms with Crippen molar-refractivity contribution in [2.45, 2.75) is 51.6 Å². The van der Waals surface area contributed by atoms with E-state index in [1.165, 1.54) is 13.0 Å². The lowest BCUT2D eigenvalue weighted by molar-refractivity contribution is -0.385. The molecule has 0 saturated carbocycles. The fraction of sp³-hybridized carbons (Fsp3) is 0.458. The van der Waals surface area contributed by atoms with E-state index in [4.69, 9.17) is 9.47 Å². The Balaban J connectivity index is 2.31. The number of hydrogen-bond acceptors (Lipinski definition) is 9. The van der Waals surface area contributed by atoms with E-state index in [1.807, 2.05) is 4.72 Å². The largest absolute Gasteiger partial charge is 0.456 e. The van der Waals surface area contributed by atoms with E-state index in [0.717, 1.165) is 24.3 Å². The first kappa shape index (κ1) is 32.8. The zero-order valence-electron chi connectivity index (χ0n) is 22.1. The summed E-state index contributed by atoms with van der Waals surface area (Å²) in [6.45, 7) is 5.03. The van der Waals surface area contributed by atoms with Crippen LogP contribution in [0.3, 0.4) is 0 Å². The summed E-state index contributed by atoms with van der Waals surface area (Å²) in [4.78, 5) is 23.4. The summed E-state index contributed by atoms with van der Waals surface area (Å²) in [6.07, 6.45) is -1.39. The minimum Gasteiger partial charge on any atom is -0.456 e. The van der Waals surface area contributed by atoms with Crippen LogP contribution in [0.25, 0.3) is 0 Å².